The van der Waals surface area contributed by atoms with Gasteiger partial charge in [0.1, 0.15) is 28.2 Å². The number of fused-ring (bicyclic) bond motifs is 1. The number of phenolic OH excluding ortho intramolecular Hbond substituents is 2. The summed E-state index contributed by atoms with van der Waals surface area (Å²) in [4.78, 5) is 14.7. The second-order valence-corrected chi connectivity index (χ2v) is 8.23. The molecule has 2 aromatic carbocycles. The fourth-order valence-electron chi connectivity index (χ4n) is 4.32. The summed E-state index contributed by atoms with van der Waals surface area (Å²) in [6.45, 7) is 0.407. The molecule has 0 saturated carbocycles. The van der Waals surface area contributed by atoms with Crippen molar-refractivity contribution in [3.8, 4) is 22.8 Å². The van der Waals surface area contributed by atoms with Crippen LogP contribution in [0.3, 0.4) is 0 Å². The maximum atomic E-state index is 13.0. The Morgan fingerprint density at radius 3 is 2.48 bits per heavy atom. The van der Waals surface area contributed by atoms with Gasteiger partial charge in [-0.05, 0) is 38.2 Å². The summed E-state index contributed by atoms with van der Waals surface area (Å²) in [5, 5.41) is 30.3. The Bertz CT molecular complexity index is 1260. The van der Waals surface area contributed by atoms with Gasteiger partial charge in [0, 0.05) is 35.2 Å². The van der Waals surface area contributed by atoms with Gasteiger partial charge in [-0.25, -0.2) is 0 Å². The molecule has 1 aliphatic rings. The van der Waals surface area contributed by atoms with Crippen LogP contribution < -0.4 is 5.43 Å². The summed E-state index contributed by atoms with van der Waals surface area (Å²) in [5.41, 5.74) is -1.41. The molecule has 6 nitrogen and oxygen atoms in total. The summed E-state index contributed by atoms with van der Waals surface area (Å²) >= 11 is 6.07. The van der Waals surface area contributed by atoms with Gasteiger partial charge in [-0.2, -0.15) is 13.2 Å². The molecule has 0 unspecified atom stereocenters. The van der Waals surface area contributed by atoms with Gasteiger partial charge in [-0.1, -0.05) is 11.6 Å². The normalized spacial score (nSPS) is 19.1. The molecule has 0 amide bonds. The first-order chi connectivity index (χ1) is 15.0. The second kappa shape index (κ2) is 9.06. The van der Waals surface area contributed by atoms with E-state index in [-0.39, 0.29) is 63.7 Å². The van der Waals surface area contributed by atoms with Gasteiger partial charge in [0.05, 0.1) is 17.2 Å². The Labute approximate surface area is 197 Å². The Hall–Kier alpha value is -2.46. The lowest BCUT2D eigenvalue weighted by Gasteiger charge is -2.24. The van der Waals surface area contributed by atoms with Crippen LogP contribution in [0.15, 0.2) is 39.5 Å². The highest BCUT2D eigenvalue weighted by atomic mass is 35.5. The van der Waals surface area contributed by atoms with Gasteiger partial charge in [0.2, 0.25) is 0 Å². The van der Waals surface area contributed by atoms with Crippen molar-refractivity contribution in [2.24, 2.45) is 0 Å². The second-order valence-electron chi connectivity index (χ2n) is 7.83. The highest BCUT2D eigenvalue weighted by Gasteiger charge is 2.37. The fourth-order valence-corrected chi connectivity index (χ4v) is 4.59. The van der Waals surface area contributed by atoms with E-state index < -0.39 is 28.8 Å². The molecule has 2 heterocycles. The van der Waals surface area contributed by atoms with Gasteiger partial charge < -0.3 is 24.6 Å². The number of likely N-dealkylation sites (tertiary alicyclic amines) is 1. The molecule has 3 aromatic rings. The van der Waals surface area contributed by atoms with E-state index in [9.17, 15) is 33.3 Å². The summed E-state index contributed by atoms with van der Waals surface area (Å²) in [6.07, 6.45) is -4.05. The van der Waals surface area contributed by atoms with Crippen molar-refractivity contribution in [3.63, 3.8) is 0 Å². The van der Waals surface area contributed by atoms with Crippen molar-refractivity contribution in [1.82, 2.24) is 4.90 Å². The molecule has 0 spiro atoms. The lowest BCUT2D eigenvalue weighted by atomic mass is 9.89. The minimum Gasteiger partial charge on any atom is -0.507 e. The monoisotopic (exact) mass is 505 g/mol. The number of aromatic hydroxyl groups is 2. The van der Waals surface area contributed by atoms with Crippen molar-refractivity contribution >= 4 is 35.0 Å². The number of halogens is 5. The largest absolute Gasteiger partial charge is 0.507 e. The molecule has 178 valence electrons. The maximum absolute atomic E-state index is 13.0. The predicted molar refractivity (Wildman–Crippen MR) is 119 cm³/mol. The van der Waals surface area contributed by atoms with Crippen LogP contribution in [0.5, 0.6) is 11.5 Å². The zero-order valence-electron chi connectivity index (χ0n) is 17.2. The number of aliphatic hydroxyl groups is 1. The zero-order valence-corrected chi connectivity index (χ0v) is 18.8. The van der Waals surface area contributed by atoms with Crippen molar-refractivity contribution in [2.75, 3.05) is 20.2 Å². The van der Waals surface area contributed by atoms with Crippen LogP contribution >= 0.6 is 24.0 Å². The number of benzene rings is 2. The van der Waals surface area contributed by atoms with Gasteiger partial charge in [0.15, 0.2) is 5.43 Å². The summed E-state index contributed by atoms with van der Waals surface area (Å²) in [5.74, 6) is -1.33. The third-order valence-corrected chi connectivity index (χ3v) is 6.25. The fraction of sp³-hybridized carbons (Fsp3) is 0.318. The molecule has 1 aromatic heterocycles. The number of alkyl halides is 3. The summed E-state index contributed by atoms with van der Waals surface area (Å²) in [7, 11) is 1.81. The predicted octanol–water partition coefficient (Wildman–Crippen LogP) is 4.75. The highest BCUT2D eigenvalue weighted by Crippen LogP contribution is 2.45. The number of rotatable bonds is 3. The van der Waals surface area contributed by atoms with Gasteiger partial charge in [-0.3, -0.25) is 4.79 Å². The van der Waals surface area contributed by atoms with Gasteiger partial charge in [-0.15, -0.1) is 12.4 Å². The average Bonchev–Trinajstić information content (AvgIpc) is 3.06. The summed E-state index contributed by atoms with van der Waals surface area (Å²) < 4.78 is 44.8. The third kappa shape index (κ3) is 4.38. The Balaban J connectivity index is 0.00000306. The van der Waals surface area contributed by atoms with Crippen molar-refractivity contribution in [3.05, 3.63) is 56.7 Å². The van der Waals surface area contributed by atoms with E-state index in [0.29, 0.717) is 13.0 Å². The number of likely N-dealkylation sites (N-methyl/N-ethyl adjacent to an activating group) is 1. The zero-order chi connectivity index (χ0) is 23.4. The molecule has 0 aliphatic carbocycles. The molecule has 1 fully saturated rings. The molecule has 11 heteroatoms. The van der Waals surface area contributed by atoms with Gasteiger partial charge in [0.25, 0.3) is 0 Å². The van der Waals surface area contributed by atoms with Crippen LogP contribution in [-0.2, 0) is 6.18 Å². The molecule has 3 N–H and O–H groups in total. The van der Waals surface area contributed by atoms with Crippen LogP contribution in [0.4, 0.5) is 13.2 Å². The highest BCUT2D eigenvalue weighted by molar-refractivity contribution is 6.33. The Morgan fingerprint density at radius 1 is 1.18 bits per heavy atom. The number of hydrogen-bond donors (Lipinski definition) is 3. The summed E-state index contributed by atoms with van der Waals surface area (Å²) in [6, 6.07) is 4.36. The molecule has 33 heavy (non-hydrogen) atoms. The smallest absolute Gasteiger partial charge is 0.416 e. The quantitative estimate of drug-likeness (QED) is 0.475. The van der Waals surface area contributed by atoms with Crippen LogP contribution in [0, 0.1) is 0 Å². The molecule has 2 atom stereocenters. The van der Waals surface area contributed by atoms with E-state index in [2.05, 4.69) is 0 Å². The van der Waals surface area contributed by atoms with Crippen LogP contribution in [0.1, 0.15) is 23.5 Å². The number of nitrogens with zero attached hydrogens (tertiary/aromatic N) is 1. The van der Waals surface area contributed by atoms with Crippen LogP contribution in [-0.4, -0.2) is 46.5 Å². The van der Waals surface area contributed by atoms with Crippen molar-refractivity contribution in [1.29, 1.82) is 0 Å². The molecular weight excluding hydrogens is 486 g/mol. The third-order valence-electron chi connectivity index (χ3n) is 5.94. The first-order valence-corrected chi connectivity index (χ1v) is 10.1. The minimum absolute atomic E-state index is 0. The first kappa shape index (κ1) is 25.2. The molecule has 1 saturated heterocycles. The minimum atomic E-state index is -4.59. The molecule has 0 bridgehead atoms. The van der Waals surface area contributed by atoms with Gasteiger partial charge >= 0.3 is 6.18 Å². The first-order valence-electron chi connectivity index (χ1n) is 9.73. The maximum Gasteiger partial charge on any atom is 0.416 e. The standard InChI is InChI=1S/C22H19ClF3NO5.ClH/c1-27-5-4-12(14(27)9-28)19-15(29)7-16(30)20-17(31)8-18(32-21(19)20)11-3-2-10(6-13(11)23)22(24,25)26;/h2-3,6-8,12,14,28-30H,4-5,9H2,1H3;1H/t12-,14+;/m0./s1. The van der Waals surface area contributed by atoms with E-state index in [0.717, 1.165) is 30.3 Å². The van der Waals surface area contributed by atoms with Crippen LogP contribution in [0.2, 0.25) is 5.02 Å². The topological polar surface area (TPSA) is 94.1 Å². The van der Waals surface area contributed by atoms with E-state index >= 15 is 0 Å². The molecule has 4 rings (SSSR count). The van der Waals surface area contributed by atoms with E-state index in [1.807, 2.05) is 11.9 Å². The van der Waals surface area contributed by atoms with Crippen molar-refractivity contribution in [2.45, 2.75) is 24.6 Å². The van der Waals surface area contributed by atoms with E-state index in [1.165, 1.54) is 0 Å². The van der Waals surface area contributed by atoms with E-state index in [4.69, 9.17) is 16.0 Å². The van der Waals surface area contributed by atoms with E-state index in [1.54, 1.807) is 0 Å². The Kier molecular flexibility index (Phi) is 6.91. The molecular formula is C22H20Cl2F3NO5. The number of hydrogen-bond acceptors (Lipinski definition) is 6. The van der Waals surface area contributed by atoms with Crippen molar-refractivity contribution < 1.29 is 32.9 Å². The average molecular weight is 506 g/mol. The lowest BCUT2D eigenvalue weighted by Crippen LogP contribution is -2.32. The lowest BCUT2D eigenvalue weighted by molar-refractivity contribution is -0.137. The Morgan fingerprint density at radius 2 is 1.88 bits per heavy atom. The SMILES string of the molecule is CN1CC[C@H](c2c(O)cc(O)c3c(=O)cc(-c4ccc(C(F)(F)F)cc4Cl)oc23)[C@H]1CO.Cl. The molecule has 0 radical (unpaired) electrons. The van der Waals surface area contributed by atoms with Crippen LogP contribution in [0.25, 0.3) is 22.3 Å². The molecule has 1 aliphatic heterocycles. The number of phenols is 2. The number of aliphatic hydroxyl groups excluding tert-OH is 1.